The summed E-state index contributed by atoms with van der Waals surface area (Å²) in [5.41, 5.74) is -2.49. The molecule has 2 amide bonds. The molecule has 12 nitrogen and oxygen atoms in total. The molecular weight excluding hydrogens is 575 g/mol. The molecule has 2 aliphatic heterocycles. The average molecular weight is 613 g/mol. The van der Waals surface area contributed by atoms with Crippen LogP contribution >= 0.6 is 23.4 Å². The van der Waals surface area contributed by atoms with E-state index in [0.29, 0.717) is 6.42 Å². The number of halogens is 2. The van der Waals surface area contributed by atoms with Crippen molar-refractivity contribution in [3.8, 4) is 0 Å². The first kappa shape index (κ1) is 32.7. The Morgan fingerprint density at radius 2 is 1.95 bits per heavy atom. The van der Waals surface area contributed by atoms with Crippen LogP contribution in [0.5, 0.6) is 0 Å². The molecule has 4 unspecified atom stereocenters. The zero-order valence-corrected chi connectivity index (χ0v) is 24.5. The summed E-state index contributed by atoms with van der Waals surface area (Å²) in [6.07, 6.45) is -4.15. The Balaban J connectivity index is 1.82. The Morgan fingerprint density at radius 1 is 1.25 bits per heavy atom. The molecule has 4 N–H and O–H groups in total. The normalized spacial score (nSPS) is 32.7. The Kier molecular flexibility index (Phi) is 11.3. The zero-order chi connectivity index (χ0) is 29.8. The second kappa shape index (κ2) is 13.9. The number of amides is 2. The number of thioether (sulfide) groups is 1. The fourth-order valence-corrected chi connectivity index (χ4v) is 6.03. The minimum Gasteiger partial charge on any atom is -0.441 e. The predicted octanol–water partition coefficient (Wildman–Crippen LogP) is 1.82. The molecule has 1 aromatic heterocycles. The van der Waals surface area contributed by atoms with Gasteiger partial charge in [-0.05, 0) is 45.8 Å². The number of nitrogens with zero attached hydrogens (tertiary/aromatic N) is 1. The number of carbonyl (C=O) groups is 2. The van der Waals surface area contributed by atoms with E-state index >= 15 is 4.39 Å². The number of hydrogen-bond donors (Lipinski definition) is 4. The van der Waals surface area contributed by atoms with Gasteiger partial charge in [0.1, 0.15) is 41.6 Å². The summed E-state index contributed by atoms with van der Waals surface area (Å²) in [6.45, 7) is 4.31. The summed E-state index contributed by atoms with van der Waals surface area (Å²) in [5.74, 6) is -1.50. The van der Waals surface area contributed by atoms with Crippen LogP contribution in [0.4, 0.5) is 9.18 Å². The molecule has 15 heteroatoms. The van der Waals surface area contributed by atoms with E-state index in [4.69, 9.17) is 29.9 Å². The van der Waals surface area contributed by atoms with Crippen molar-refractivity contribution >= 4 is 35.4 Å². The standard InChI is InChI=1S/C25H38ClFN2O10S/c1-5-7-25(27)8-6-14(29(10-9-25)23(34)36-11-15-13(3)37-24(35)38-15)21(33)28-16(12(2)26)20-18(31)17(30)19(32)22(39-20)40-4/h12,14,16-20,22,30-32H,5-11H2,1-4H3,(H,28,33)/t12?,14?,16?,17-,18+,19+,20+,22+,25?/m0/s1. The number of aliphatic hydroxyl groups excluding tert-OH is 3. The molecule has 9 atom stereocenters. The van der Waals surface area contributed by atoms with Gasteiger partial charge in [0, 0.05) is 6.54 Å². The van der Waals surface area contributed by atoms with Crippen molar-refractivity contribution in [1.29, 1.82) is 0 Å². The maximum Gasteiger partial charge on any atom is 0.519 e. The number of hydrogen-bond acceptors (Lipinski definition) is 11. The third-order valence-corrected chi connectivity index (χ3v) is 8.56. The Hall–Kier alpha value is -1.84. The summed E-state index contributed by atoms with van der Waals surface area (Å²) >= 11 is 7.50. The predicted molar refractivity (Wildman–Crippen MR) is 143 cm³/mol. The van der Waals surface area contributed by atoms with E-state index in [0.717, 1.165) is 16.7 Å². The molecule has 2 fully saturated rings. The maximum absolute atomic E-state index is 15.6. The summed E-state index contributed by atoms with van der Waals surface area (Å²) < 4.78 is 36.3. The number of carbonyl (C=O) groups excluding carboxylic acids is 2. The van der Waals surface area contributed by atoms with E-state index in [1.54, 1.807) is 13.2 Å². The monoisotopic (exact) mass is 612 g/mol. The van der Waals surface area contributed by atoms with Crippen LogP contribution in [0.3, 0.4) is 0 Å². The van der Waals surface area contributed by atoms with Gasteiger partial charge in [-0.15, -0.1) is 23.4 Å². The van der Waals surface area contributed by atoms with Crippen LogP contribution in [0.25, 0.3) is 0 Å². The minimum atomic E-state index is -1.59. The van der Waals surface area contributed by atoms with Crippen molar-refractivity contribution in [2.45, 2.75) is 112 Å². The van der Waals surface area contributed by atoms with Crippen LogP contribution in [0.1, 0.15) is 57.5 Å². The Labute approximate surface area is 240 Å². The van der Waals surface area contributed by atoms with Crippen LogP contribution < -0.4 is 11.1 Å². The van der Waals surface area contributed by atoms with Gasteiger partial charge in [-0.1, -0.05) is 13.3 Å². The number of ether oxygens (including phenoxy) is 2. The number of aliphatic hydroxyl groups is 3. The lowest BCUT2D eigenvalue weighted by molar-refractivity contribution is -0.205. The van der Waals surface area contributed by atoms with Gasteiger partial charge in [-0.3, -0.25) is 9.69 Å². The highest BCUT2D eigenvalue weighted by Crippen LogP contribution is 2.35. The van der Waals surface area contributed by atoms with Gasteiger partial charge in [0.15, 0.2) is 18.1 Å². The summed E-state index contributed by atoms with van der Waals surface area (Å²) in [6, 6.07) is -2.21. The van der Waals surface area contributed by atoms with E-state index in [-0.39, 0.29) is 43.7 Å². The quantitative estimate of drug-likeness (QED) is 0.300. The molecule has 0 spiro atoms. The second-order valence-corrected chi connectivity index (χ2v) is 11.9. The number of aryl methyl sites for hydroxylation is 1. The van der Waals surface area contributed by atoms with Crippen LogP contribution in [-0.2, 0) is 20.9 Å². The van der Waals surface area contributed by atoms with Crippen molar-refractivity contribution in [3.63, 3.8) is 0 Å². The lowest BCUT2D eigenvalue weighted by Gasteiger charge is -2.44. The number of rotatable bonds is 9. The molecule has 0 aliphatic carbocycles. The molecule has 2 aliphatic rings. The van der Waals surface area contributed by atoms with Gasteiger partial charge in [-0.2, -0.15) is 0 Å². The second-order valence-electron chi connectivity index (χ2n) is 10.3. The smallest absolute Gasteiger partial charge is 0.441 e. The Bertz CT molecular complexity index is 1070. The zero-order valence-electron chi connectivity index (χ0n) is 22.9. The molecule has 0 saturated carbocycles. The summed E-state index contributed by atoms with van der Waals surface area (Å²) in [5, 5.41) is 33.1. The lowest BCUT2D eigenvalue weighted by atomic mass is 9.90. The minimum absolute atomic E-state index is 0.00329. The summed E-state index contributed by atoms with van der Waals surface area (Å²) in [4.78, 5) is 39.3. The highest BCUT2D eigenvalue weighted by atomic mass is 35.5. The van der Waals surface area contributed by atoms with Crippen LogP contribution in [0, 0.1) is 6.92 Å². The molecule has 0 bridgehead atoms. The molecule has 0 radical (unpaired) electrons. The van der Waals surface area contributed by atoms with Gasteiger partial charge in [0.2, 0.25) is 5.91 Å². The van der Waals surface area contributed by atoms with Gasteiger partial charge < -0.3 is 38.9 Å². The first-order chi connectivity index (χ1) is 18.8. The van der Waals surface area contributed by atoms with Crippen molar-refractivity contribution in [1.82, 2.24) is 10.2 Å². The molecular formula is C25H38ClFN2O10S. The summed E-state index contributed by atoms with van der Waals surface area (Å²) in [7, 11) is 0. The molecule has 40 heavy (non-hydrogen) atoms. The average Bonchev–Trinajstić information content (AvgIpc) is 3.11. The van der Waals surface area contributed by atoms with E-state index in [9.17, 15) is 29.7 Å². The van der Waals surface area contributed by atoms with E-state index in [1.165, 1.54) is 6.92 Å². The van der Waals surface area contributed by atoms with Crippen LogP contribution in [0.2, 0.25) is 0 Å². The molecule has 2 saturated heterocycles. The Morgan fingerprint density at radius 3 is 2.52 bits per heavy atom. The van der Waals surface area contributed by atoms with Crippen LogP contribution in [0.15, 0.2) is 13.6 Å². The SMILES string of the molecule is CCCC1(F)CCC(C(=O)NC(C(C)Cl)[C@H]2O[C@H](SC)[C@H](O)[C@@H](O)[C@H]2O)N(C(=O)OCc2oc(=O)oc2C)CC1. The highest BCUT2D eigenvalue weighted by Gasteiger charge is 2.49. The topological polar surface area (TPSA) is 172 Å². The van der Waals surface area contributed by atoms with Crippen molar-refractivity contribution in [2.24, 2.45) is 0 Å². The molecule has 0 aromatic carbocycles. The van der Waals surface area contributed by atoms with Gasteiger partial charge >= 0.3 is 11.9 Å². The lowest BCUT2D eigenvalue weighted by Crippen LogP contribution is -2.65. The van der Waals surface area contributed by atoms with Gasteiger partial charge in [0.25, 0.3) is 0 Å². The maximum atomic E-state index is 15.6. The van der Waals surface area contributed by atoms with Gasteiger partial charge in [0.05, 0.1) is 11.4 Å². The number of alkyl halides is 2. The molecule has 1 aromatic rings. The third-order valence-electron chi connectivity index (χ3n) is 7.44. The van der Waals surface area contributed by atoms with Crippen molar-refractivity contribution < 1.29 is 47.6 Å². The van der Waals surface area contributed by atoms with E-state index < -0.39 is 77.4 Å². The van der Waals surface area contributed by atoms with Crippen molar-refractivity contribution in [3.05, 3.63) is 22.1 Å². The largest absolute Gasteiger partial charge is 0.519 e. The first-order valence-corrected chi connectivity index (χ1v) is 14.9. The number of likely N-dealkylation sites (tertiary alicyclic amines) is 1. The molecule has 3 heterocycles. The molecule has 228 valence electrons. The van der Waals surface area contributed by atoms with Crippen LogP contribution in [-0.4, -0.2) is 98.0 Å². The highest BCUT2D eigenvalue weighted by molar-refractivity contribution is 7.99. The first-order valence-electron chi connectivity index (χ1n) is 13.2. The third kappa shape index (κ3) is 7.51. The number of nitrogens with one attached hydrogen (secondary N) is 1. The van der Waals surface area contributed by atoms with Gasteiger partial charge in [-0.25, -0.2) is 14.0 Å². The fraction of sp³-hybridized carbons (Fsp3) is 0.800. The van der Waals surface area contributed by atoms with Crippen molar-refractivity contribution in [2.75, 3.05) is 12.8 Å². The van der Waals surface area contributed by atoms with E-state index in [2.05, 4.69) is 5.32 Å². The van der Waals surface area contributed by atoms with E-state index in [1.807, 2.05) is 6.92 Å². The fourth-order valence-electron chi connectivity index (χ4n) is 5.14. The molecule has 3 rings (SSSR count).